The van der Waals surface area contributed by atoms with Gasteiger partial charge in [-0.05, 0) is 43.0 Å². The molecule has 1 aliphatic rings. The lowest BCUT2D eigenvalue weighted by Gasteiger charge is -2.29. The molecule has 20 heavy (non-hydrogen) atoms. The molecule has 110 valence electrons. The number of rotatable bonds is 4. The number of carbonyl (C=O) groups excluding carboxylic acids is 1. The van der Waals surface area contributed by atoms with Crippen molar-refractivity contribution in [3.8, 4) is 0 Å². The highest BCUT2D eigenvalue weighted by atomic mass is 32.2. The second-order valence-electron chi connectivity index (χ2n) is 5.04. The summed E-state index contributed by atoms with van der Waals surface area (Å²) >= 11 is 0. The number of hydrogen-bond donors (Lipinski definition) is 1. The molecule has 0 aromatic heterocycles. The maximum Gasteiger partial charge on any atom is 0.251 e. The first-order chi connectivity index (χ1) is 9.43. The fraction of sp³-hybridized carbons (Fsp3) is 0.500. The molecule has 0 saturated heterocycles. The highest BCUT2D eigenvalue weighted by Crippen LogP contribution is 2.29. The Balaban J connectivity index is 2.30. The molecular weight excluding hydrogens is 276 g/mol. The van der Waals surface area contributed by atoms with Crippen molar-refractivity contribution in [1.29, 1.82) is 0 Å². The van der Waals surface area contributed by atoms with E-state index < -0.39 is 10.0 Å². The second kappa shape index (κ2) is 5.83. The summed E-state index contributed by atoms with van der Waals surface area (Å²) in [5.41, 5.74) is 2.21. The Hall–Kier alpha value is -1.56. The van der Waals surface area contributed by atoms with Crippen LogP contribution in [0.15, 0.2) is 18.2 Å². The molecule has 1 aromatic rings. The van der Waals surface area contributed by atoms with Crippen LogP contribution in [-0.4, -0.2) is 33.7 Å². The number of amides is 1. The first-order valence-electron chi connectivity index (χ1n) is 6.82. The second-order valence-corrected chi connectivity index (χ2v) is 6.94. The van der Waals surface area contributed by atoms with E-state index in [-0.39, 0.29) is 5.91 Å². The molecule has 5 nitrogen and oxygen atoms in total. The van der Waals surface area contributed by atoms with Crippen molar-refractivity contribution in [1.82, 2.24) is 5.32 Å². The summed E-state index contributed by atoms with van der Waals surface area (Å²) in [6.45, 7) is 3.15. The molecule has 2 rings (SSSR count). The fourth-order valence-electron chi connectivity index (χ4n) is 2.39. The van der Waals surface area contributed by atoms with Crippen molar-refractivity contribution in [3.63, 3.8) is 0 Å². The van der Waals surface area contributed by atoms with Crippen molar-refractivity contribution in [2.75, 3.05) is 23.7 Å². The maximum absolute atomic E-state index is 11.9. The van der Waals surface area contributed by atoms with Gasteiger partial charge in [-0.1, -0.05) is 6.92 Å². The monoisotopic (exact) mass is 296 g/mol. The van der Waals surface area contributed by atoms with Gasteiger partial charge < -0.3 is 5.32 Å². The molecule has 0 bridgehead atoms. The highest BCUT2D eigenvalue weighted by molar-refractivity contribution is 7.92. The molecule has 0 unspecified atom stereocenters. The number of hydrogen-bond acceptors (Lipinski definition) is 3. The van der Waals surface area contributed by atoms with E-state index in [9.17, 15) is 13.2 Å². The van der Waals surface area contributed by atoms with Crippen LogP contribution in [0.4, 0.5) is 5.69 Å². The van der Waals surface area contributed by atoms with Crippen molar-refractivity contribution >= 4 is 21.6 Å². The third-order valence-electron chi connectivity index (χ3n) is 3.35. The van der Waals surface area contributed by atoms with Crippen LogP contribution < -0.4 is 9.62 Å². The largest absolute Gasteiger partial charge is 0.352 e. The number of sulfonamides is 1. The molecule has 0 fully saturated rings. The van der Waals surface area contributed by atoms with E-state index in [0.29, 0.717) is 24.3 Å². The molecule has 1 N–H and O–H groups in total. The van der Waals surface area contributed by atoms with Gasteiger partial charge in [-0.25, -0.2) is 8.42 Å². The Morgan fingerprint density at radius 2 is 2.15 bits per heavy atom. The molecule has 0 spiro atoms. The molecule has 0 radical (unpaired) electrons. The smallest absolute Gasteiger partial charge is 0.251 e. The zero-order valence-electron chi connectivity index (χ0n) is 11.8. The van der Waals surface area contributed by atoms with E-state index in [1.54, 1.807) is 18.2 Å². The average molecular weight is 296 g/mol. The molecule has 1 aliphatic heterocycles. The number of benzene rings is 1. The summed E-state index contributed by atoms with van der Waals surface area (Å²) in [5.74, 6) is -0.105. The lowest BCUT2D eigenvalue weighted by molar-refractivity contribution is 0.0953. The van der Waals surface area contributed by atoms with Gasteiger partial charge in [0, 0.05) is 18.7 Å². The van der Waals surface area contributed by atoms with Crippen molar-refractivity contribution in [2.45, 2.75) is 26.2 Å². The fourth-order valence-corrected chi connectivity index (χ4v) is 3.39. The van der Waals surface area contributed by atoms with Gasteiger partial charge in [-0.3, -0.25) is 9.10 Å². The maximum atomic E-state index is 11.9. The van der Waals surface area contributed by atoms with Crippen LogP contribution >= 0.6 is 0 Å². The first-order valence-corrected chi connectivity index (χ1v) is 8.67. The van der Waals surface area contributed by atoms with Gasteiger partial charge in [0.15, 0.2) is 0 Å². The van der Waals surface area contributed by atoms with Crippen LogP contribution in [0.1, 0.15) is 35.7 Å². The highest BCUT2D eigenvalue weighted by Gasteiger charge is 2.24. The number of nitrogens with one attached hydrogen (secondary N) is 1. The van der Waals surface area contributed by atoms with Crippen LogP contribution in [0.5, 0.6) is 0 Å². The minimum absolute atomic E-state index is 0.105. The molecule has 0 atom stereocenters. The van der Waals surface area contributed by atoms with E-state index >= 15 is 0 Å². The topological polar surface area (TPSA) is 66.5 Å². The molecule has 1 amide bonds. The van der Waals surface area contributed by atoms with E-state index in [1.807, 2.05) is 6.92 Å². The molecule has 0 aliphatic carbocycles. The molecule has 6 heteroatoms. The Morgan fingerprint density at radius 3 is 2.80 bits per heavy atom. The Bertz CT molecular complexity index is 611. The summed E-state index contributed by atoms with van der Waals surface area (Å²) in [4.78, 5) is 11.9. The average Bonchev–Trinajstić information content (AvgIpc) is 2.42. The zero-order chi connectivity index (χ0) is 14.8. The number of anilines is 1. The van der Waals surface area contributed by atoms with Crippen LogP contribution in [0, 0.1) is 0 Å². The Labute approximate surface area is 120 Å². The van der Waals surface area contributed by atoms with Crippen molar-refractivity contribution in [2.24, 2.45) is 0 Å². The van der Waals surface area contributed by atoms with Gasteiger partial charge in [-0.2, -0.15) is 0 Å². The van der Waals surface area contributed by atoms with E-state index in [1.165, 1.54) is 10.6 Å². The van der Waals surface area contributed by atoms with Crippen molar-refractivity contribution in [3.05, 3.63) is 29.3 Å². The molecule has 1 heterocycles. The van der Waals surface area contributed by atoms with Crippen LogP contribution in [0.3, 0.4) is 0 Å². The predicted octanol–water partition coefficient (Wildman–Crippen LogP) is 1.54. The number of nitrogens with zero attached hydrogens (tertiary/aromatic N) is 1. The van der Waals surface area contributed by atoms with E-state index in [2.05, 4.69) is 5.32 Å². The van der Waals surface area contributed by atoms with Gasteiger partial charge in [0.25, 0.3) is 5.91 Å². The van der Waals surface area contributed by atoms with Crippen LogP contribution in [0.25, 0.3) is 0 Å². The Kier molecular flexibility index (Phi) is 4.32. The molecule has 0 saturated carbocycles. The first kappa shape index (κ1) is 14.8. The molecule has 1 aromatic carbocycles. The lowest BCUT2D eigenvalue weighted by Crippen LogP contribution is -2.34. The molecular formula is C14H20N2O3S. The summed E-state index contributed by atoms with van der Waals surface area (Å²) in [5, 5.41) is 2.83. The van der Waals surface area contributed by atoms with Crippen molar-refractivity contribution < 1.29 is 13.2 Å². The van der Waals surface area contributed by atoms with Gasteiger partial charge in [0.05, 0.1) is 11.9 Å². The normalized spacial score (nSPS) is 14.8. The summed E-state index contributed by atoms with van der Waals surface area (Å²) in [6, 6.07) is 5.22. The predicted molar refractivity (Wildman–Crippen MR) is 79.6 cm³/mol. The van der Waals surface area contributed by atoms with Crippen LogP contribution in [0.2, 0.25) is 0 Å². The third-order valence-corrected chi connectivity index (χ3v) is 4.53. The van der Waals surface area contributed by atoms with Gasteiger partial charge >= 0.3 is 0 Å². The number of fused-ring (bicyclic) bond motifs is 1. The summed E-state index contributed by atoms with van der Waals surface area (Å²) in [7, 11) is -3.25. The van der Waals surface area contributed by atoms with Gasteiger partial charge in [0.1, 0.15) is 0 Å². The minimum atomic E-state index is -3.25. The summed E-state index contributed by atoms with van der Waals surface area (Å²) in [6.07, 6.45) is 3.68. The lowest BCUT2D eigenvalue weighted by atomic mass is 10.0. The van der Waals surface area contributed by atoms with E-state index in [0.717, 1.165) is 24.8 Å². The van der Waals surface area contributed by atoms with E-state index in [4.69, 9.17) is 0 Å². The summed E-state index contributed by atoms with van der Waals surface area (Å²) < 4.78 is 24.9. The SMILES string of the molecule is CCCNC(=O)c1ccc2c(c1)CCCN2S(C)(=O)=O. The zero-order valence-corrected chi connectivity index (χ0v) is 12.7. The van der Waals surface area contributed by atoms with Crippen LogP contribution in [-0.2, 0) is 16.4 Å². The number of carbonyl (C=O) groups is 1. The Morgan fingerprint density at radius 1 is 1.40 bits per heavy atom. The third kappa shape index (κ3) is 3.12. The minimum Gasteiger partial charge on any atom is -0.352 e. The number of aryl methyl sites for hydroxylation is 1. The van der Waals surface area contributed by atoms with Gasteiger partial charge in [-0.15, -0.1) is 0 Å². The quantitative estimate of drug-likeness (QED) is 0.916. The standard InChI is InChI=1S/C14H20N2O3S/c1-3-8-15-14(17)12-6-7-13-11(10-12)5-4-9-16(13)20(2,18)19/h6-7,10H,3-5,8-9H2,1-2H3,(H,15,17). The van der Waals surface area contributed by atoms with Gasteiger partial charge in [0.2, 0.25) is 10.0 Å².